The Labute approximate surface area is 188 Å². The van der Waals surface area contributed by atoms with Crippen LogP contribution in [0.1, 0.15) is 0 Å². The average Bonchev–Trinajstić information content (AvgIpc) is 0. The van der Waals surface area contributed by atoms with E-state index in [1.54, 1.807) is 0 Å². The summed E-state index contributed by atoms with van der Waals surface area (Å²) >= 11 is 0. The summed E-state index contributed by atoms with van der Waals surface area (Å²) in [4.78, 5) is 0. The van der Waals surface area contributed by atoms with Crippen molar-refractivity contribution in [1.29, 1.82) is 0 Å². The molecule has 0 bridgehead atoms. The fourth-order valence-corrected chi connectivity index (χ4v) is 0. The summed E-state index contributed by atoms with van der Waals surface area (Å²) in [6.07, 6.45) is 0. The van der Waals surface area contributed by atoms with Crippen LogP contribution in [0.15, 0.2) is 0 Å². The first kappa shape index (κ1) is 50.1. The standard InChI is InChI=1S/Ag.Al.Ca.La.Na.Pb.Sn.10H. The molecule has 0 spiro atoms. The van der Waals surface area contributed by atoms with Crippen LogP contribution < -0.4 is 0 Å². The molecule has 0 aromatic rings. The molecule has 0 aliphatic rings. The summed E-state index contributed by atoms with van der Waals surface area (Å²) in [5.74, 6) is 0. The molecule has 0 rings (SSSR count). The summed E-state index contributed by atoms with van der Waals surface area (Å²) in [6.45, 7) is 0. The predicted octanol–water partition coefficient (Wildman–Crippen LogP) is -4.58. The Morgan fingerprint density at radius 2 is 1.00 bits per heavy atom. The number of rotatable bonds is 0. The second kappa shape index (κ2) is 39.2. The van der Waals surface area contributed by atoms with Gasteiger partial charge in [0.2, 0.25) is 0 Å². The van der Waals surface area contributed by atoms with Crippen LogP contribution >= 0.6 is 0 Å². The second-order valence-corrected chi connectivity index (χ2v) is 0. The van der Waals surface area contributed by atoms with Crippen LogP contribution in [-0.2, 0) is 22.4 Å². The second-order valence-electron chi connectivity index (χ2n) is 0. The zero-order chi connectivity index (χ0) is 0. The first-order valence-corrected chi connectivity index (χ1v) is 0. The Kier molecular flexibility index (Phi) is 281. The van der Waals surface area contributed by atoms with E-state index in [1.165, 1.54) is 0 Å². The van der Waals surface area contributed by atoms with Gasteiger partial charge in [0.1, 0.15) is 0 Å². The molecule has 0 aromatic carbocycles. The molecule has 0 nitrogen and oxygen atoms in total. The van der Waals surface area contributed by atoms with Gasteiger partial charge in [0, 0.05) is 58.0 Å². The number of hydrogen-bond acceptors (Lipinski definition) is 0. The average molecular weight is 673 g/mol. The quantitative estimate of drug-likeness (QED) is 0.228. The summed E-state index contributed by atoms with van der Waals surface area (Å²) < 4.78 is 0. The molecule has 0 saturated heterocycles. The third-order valence-electron chi connectivity index (χ3n) is 0. The van der Waals surface area contributed by atoms with Gasteiger partial charge in [-0.1, -0.05) is 0 Å². The molecule has 0 saturated carbocycles. The normalized spacial score (nSPS) is 0. The first-order chi connectivity index (χ1) is 0. The van der Waals surface area contributed by atoms with Crippen molar-refractivity contribution in [2.24, 2.45) is 0 Å². The Hall–Kier alpha value is 6.45. The molecule has 0 N–H and O–H groups in total. The van der Waals surface area contributed by atoms with Crippen molar-refractivity contribution in [3.63, 3.8) is 0 Å². The van der Waals surface area contributed by atoms with E-state index in [0.29, 0.717) is 0 Å². The zero-order valence-corrected chi connectivity index (χ0v) is 16.9. The molecule has 7 heteroatoms. The van der Waals surface area contributed by atoms with Crippen molar-refractivity contribution in [3.8, 4) is 0 Å². The van der Waals surface area contributed by atoms with Gasteiger partial charge >= 0.3 is 119 Å². The first-order valence-electron chi connectivity index (χ1n) is 0. The van der Waals surface area contributed by atoms with Crippen molar-refractivity contribution in [3.05, 3.63) is 0 Å². The molecule has 0 amide bonds. The van der Waals surface area contributed by atoms with Crippen molar-refractivity contribution in [2.45, 2.75) is 0 Å². The molecule has 0 aliphatic carbocycles. The van der Waals surface area contributed by atoms with Crippen LogP contribution in [-0.4, -0.2) is 136 Å². The molecular weight excluding hydrogens is 663 g/mol. The maximum absolute atomic E-state index is 0. The maximum atomic E-state index is 0. The minimum atomic E-state index is 0. The summed E-state index contributed by atoms with van der Waals surface area (Å²) in [5.41, 5.74) is 0. The summed E-state index contributed by atoms with van der Waals surface area (Å²) in [5, 5.41) is 0. The van der Waals surface area contributed by atoms with Crippen LogP contribution in [0, 0.1) is 35.6 Å². The molecule has 0 atom stereocenters. The van der Waals surface area contributed by atoms with Crippen LogP contribution in [0.2, 0.25) is 0 Å². The topological polar surface area (TPSA) is 0 Å². The van der Waals surface area contributed by atoms with Crippen LogP contribution in [0.4, 0.5) is 0 Å². The van der Waals surface area contributed by atoms with Gasteiger partial charge < -0.3 is 0 Å². The summed E-state index contributed by atoms with van der Waals surface area (Å²) in [6, 6.07) is 0. The Morgan fingerprint density at radius 1 is 1.00 bits per heavy atom. The third-order valence-corrected chi connectivity index (χ3v) is 0. The number of hydrogen-bond donors (Lipinski definition) is 0. The van der Waals surface area contributed by atoms with Crippen LogP contribution in [0.3, 0.4) is 0 Å². The van der Waals surface area contributed by atoms with Crippen molar-refractivity contribution < 1.29 is 58.0 Å². The summed E-state index contributed by atoms with van der Waals surface area (Å²) in [7, 11) is 0. The van der Waals surface area contributed by atoms with E-state index in [-0.39, 0.29) is 194 Å². The van der Waals surface area contributed by atoms with Gasteiger partial charge in [0.25, 0.3) is 0 Å². The molecular formula is H10AgAlCaLaNaPbSn. The van der Waals surface area contributed by atoms with E-state index < -0.39 is 0 Å². The fourth-order valence-electron chi connectivity index (χ4n) is 0. The van der Waals surface area contributed by atoms with Crippen molar-refractivity contribution >= 4 is 136 Å². The minimum absolute atomic E-state index is 0. The molecule has 0 heterocycles. The fraction of sp³-hybridized carbons (Fsp3) is 0. The van der Waals surface area contributed by atoms with E-state index >= 15 is 0 Å². The Morgan fingerprint density at radius 3 is 1.00 bits per heavy atom. The Bertz CT molecular complexity index is 19.7. The van der Waals surface area contributed by atoms with Gasteiger partial charge in [-0.05, 0) is 0 Å². The van der Waals surface area contributed by atoms with E-state index in [9.17, 15) is 0 Å². The molecule has 0 unspecified atom stereocenters. The third kappa shape index (κ3) is 32.7. The van der Waals surface area contributed by atoms with E-state index in [1.807, 2.05) is 0 Å². The van der Waals surface area contributed by atoms with Gasteiger partial charge in [0.05, 0.1) is 0 Å². The molecule has 7 heavy (non-hydrogen) atoms. The molecule has 0 aromatic heterocycles. The SMILES string of the molecule is [Ag].[AlH3].[CaH2].[La].[NaH].[PbH2].[SnH2]. The van der Waals surface area contributed by atoms with Crippen LogP contribution in [0.5, 0.6) is 0 Å². The van der Waals surface area contributed by atoms with E-state index in [4.69, 9.17) is 0 Å². The van der Waals surface area contributed by atoms with E-state index in [0.717, 1.165) is 0 Å². The molecule has 0 aliphatic heterocycles. The van der Waals surface area contributed by atoms with E-state index in [2.05, 4.69) is 0 Å². The predicted molar refractivity (Wildman–Crippen MR) is 42.7 cm³/mol. The van der Waals surface area contributed by atoms with Gasteiger partial charge in [-0.25, -0.2) is 0 Å². The van der Waals surface area contributed by atoms with Crippen LogP contribution in [0.25, 0.3) is 0 Å². The zero-order valence-electron chi connectivity index (χ0n) is 2.29. The molecule has 6 radical (unpaired) electrons. The van der Waals surface area contributed by atoms with Gasteiger partial charge in [-0.15, -0.1) is 0 Å². The Balaban J connectivity index is 0. The molecule has 38 valence electrons. The monoisotopic (exact) mass is 674 g/mol. The van der Waals surface area contributed by atoms with Gasteiger partial charge in [-0.3, -0.25) is 0 Å². The van der Waals surface area contributed by atoms with Gasteiger partial charge in [0.15, 0.2) is 17.4 Å². The van der Waals surface area contributed by atoms with Crippen molar-refractivity contribution in [1.82, 2.24) is 0 Å². The van der Waals surface area contributed by atoms with Gasteiger partial charge in [-0.2, -0.15) is 0 Å². The molecule has 0 fully saturated rings. The van der Waals surface area contributed by atoms with Crippen molar-refractivity contribution in [2.75, 3.05) is 0 Å².